The quantitative estimate of drug-likeness (QED) is 0.315. The summed E-state index contributed by atoms with van der Waals surface area (Å²) in [5.74, 6) is 0. The van der Waals surface area contributed by atoms with E-state index in [1.807, 2.05) is 0 Å². The zero-order valence-electron chi connectivity index (χ0n) is 17.0. The summed E-state index contributed by atoms with van der Waals surface area (Å²) >= 11 is 0. The van der Waals surface area contributed by atoms with E-state index in [0.717, 1.165) is 0 Å². The number of hydrogen-bond acceptors (Lipinski definition) is 2. The predicted molar refractivity (Wildman–Crippen MR) is 109 cm³/mol. The molecule has 2 nitrogen and oxygen atoms in total. The van der Waals surface area contributed by atoms with Crippen LogP contribution in [-0.2, 0) is 0 Å². The van der Waals surface area contributed by atoms with E-state index in [2.05, 4.69) is 62.5 Å². The van der Waals surface area contributed by atoms with Crippen LogP contribution in [0.1, 0.15) is 51.4 Å². The molecular weight excluding hydrogens is 300 g/mol. The fourth-order valence-corrected chi connectivity index (χ4v) is 4.09. The molecule has 0 rings (SSSR count). The van der Waals surface area contributed by atoms with Gasteiger partial charge in [-0.25, -0.2) is 0 Å². The van der Waals surface area contributed by atoms with Crippen molar-refractivity contribution in [3.05, 3.63) is 0 Å². The largest absolute Gasteiger partial charge is 0.327 e. The van der Waals surface area contributed by atoms with E-state index in [1.165, 1.54) is 64.5 Å². The molecular formula is C18H44N2Si2. The molecule has 0 bridgehead atoms. The van der Waals surface area contributed by atoms with Crippen LogP contribution in [0.5, 0.6) is 0 Å². The topological polar surface area (TPSA) is 6.48 Å². The van der Waals surface area contributed by atoms with Crippen LogP contribution in [0.2, 0.25) is 39.3 Å². The first-order chi connectivity index (χ1) is 10.0. The molecule has 4 heteroatoms. The lowest BCUT2D eigenvalue weighted by molar-refractivity contribution is 0.457. The lowest BCUT2D eigenvalue weighted by atomic mass is 10.1. The molecule has 0 radical (unpaired) electrons. The summed E-state index contributed by atoms with van der Waals surface area (Å²) in [6, 6.07) is 0. The normalized spacial score (nSPS) is 13.4. The van der Waals surface area contributed by atoms with Gasteiger partial charge in [0.05, 0.1) is 0 Å². The van der Waals surface area contributed by atoms with Crippen molar-refractivity contribution >= 4 is 16.5 Å². The Labute approximate surface area is 143 Å². The van der Waals surface area contributed by atoms with E-state index in [4.69, 9.17) is 0 Å². The maximum absolute atomic E-state index is 2.61. The van der Waals surface area contributed by atoms with Crippen molar-refractivity contribution in [3.63, 3.8) is 0 Å². The highest BCUT2D eigenvalue weighted by Crippen LogP contribution is 2.13. The molecule has 0 unspecified atom stereocenters. The van der Waals surface area contributed by atoms with Crippen LogP contribution in [0.3, 0.4) is 0 Å². The SMILES string of the molecule is CN(CCCCCCCCCCN(C)[Si](C)(C)C)[Si](C)(C)C. The second-order valence-corrected chi connectivity index (χ2v) is 19.2. The molecule has 0 aliphatic rings. The van der Waals surface area contributed by atoms with Gasteiger partial charge in [0, 0.05) is 0 Å². The molecule has 0 aromatic carbocycles. The second-order valence-electron chi connectivity index (χ2n) is 9.01. The van der Waals surface area contributed by atoms with Gasteiger partial charge >= 0.3 is 0 Å². The van der Waals surface area contributed by atoms with Gasteiger partial charge < -0.3 is 9.13 Å². The molecule has 0 aliphatic carbocycles. The highest BCUT2D eigenvalue weighted by Gasteiger charge is 2.19. The molecule has 0 heterocycles. The Balaban J connectivity index is 3.35. The average Bonchev–Trinajstić information content (AvgIpc) is 2.38. The highest BCUT2D eigenvalue weighted by atomic mass is 28.3. The summed E-state index contributed by atoms with van der Waals surface area (Å²) in [7, 11) is 2.54. The molecule has 0 aliphatic heterocycles. The zero-order valence-corrected chi connectivity index (χ0v) is 19.0. The molecule has 0 aromatic heterocycles. The average molecular weight is 345 g/mol. The van der Waals surface area contributed by atoms with Crippen LogP contribution < -0.4 is 0 Å². The first-order valence-electron chi connectivity index (χ1n) is 9.47. The molecule has 0 saturated carbocycles. The maximum Gasteiger partial charge on any atom is 0.118 e. The van der Waals surface area contributed by atoms with E-state index in [9.17, 15) is 0 Å². The fourth-order valence-electron chi connectivity index (χ4n) is 2.43. The first kappa shape index (κ1) is 22.4. The van der Waals surface area contributed by atoms with Crippen molar-refractivity contribution in [2.75, 3.05) is 27.2 Å². The number of rotatable bonds is 13. The van der Waals surface area contributed by atoms with Gasteiger partial charge in [0.1, 0.15) is 16.5 Å². The van der Waals surface area contributed by atoms with Gasteiger partial charge in [0.15, 0.2) is 0 Å². The summed E-state index contributed by atoms with van der Waals surface area (Å²) in [6.45, 7) is 17.2. The number of hydrogen-bond donors (Lipinski definition) is 0. The van der Waals surface area contributed by atoms with Crippen LogP contribution in [0.4, 0.5) is 0 Å². The minimum absolute atomic E-state index is 1.04. The van der Waals surface area contributed by atoms with Gasteiger partial charge in [-0.05, 0) is 40.0 Å². The molecule has 0 saturated heterocycles. The third-order valence-electron chi connectivity index (χ3n) is 5.03. The zero-order chi connectivity index (χ0) is 17.2. The number of unbranched alkanes of at least 4 members (excludes halogenated alkanes) is 7. The minimum atomic E-state index is -1.04. The Kier molecular flexibility index (Phi) is 11.2. The Bertz CT molecular complexity index is 241. The molecule has 0 N–H and O–H groups in total. The first-order valence-corrected chi connectivity index (χ1v) is 16.4. The van der Waals surface area contributed by atoms with Gasteiger partial charge in [-0.1, -0.05) is 77.8 Å². The van der Waals surface area contributed by atoms with Crippen molar-refractivity contribution in [2.45, 2.75) is 90.6 Å². The third kappa shape index (κ3) is 11.9. The molecule has 0 atom stereocenters. The second kappa shape index (κ2) is 11.0. The standard InChI is InChI=1S/C18H44N2Si2/c1-19(21(3,4)5)17-15-13-11-9-10-12-14-16-18-20(2)22(6,7)8/h9-18H2,1-8H3. The fraction of sp³-hybridized carbons (Fsp3) is 1.00. The highest BCUT2D eigenvalue weighted by molar-refractivity contribution is 6.73. The Morgan fingerprint density at radius 2 is 0.682 bits per heavy atom. The lowest BCUT2D eigenvalue weighted by Crippen LogP contribution is -2.43. The van der Waals surface area contributed by atoms with Gasteiger partial charge in [-0.15, -0.1) is 0 Å². The van der Waals surface area contributed by atoms with Gasteiger partial charge in [-0.3, -0.25) is 0 Å². The Hall–Kier alpha value is 0.354. The Morgan fingerprint density at radius 3 is 0.909 bits per heavy atom. The molecule has 0 amide bonds. The Morgan fingerprint density at radius 1 is 0.455 bits per heavy atom. The van der Waals surface area contributed by atoms with E-state index < -0.39 is 16.5 Å². The summed E-state index contributed by atoms with van der Waals surface area (Å²) in [5.41, 5.74) is 0. The van der Waals surface area contributed by atoms with Crippen molar-refractivity contribution in [1.29, 1.82) is 0 Å². The summed E-state index contributed by atoms with van der Waals surface area (Å²) in [4.78, 5) is 0. The van der Waals surface area contributed by atoms with E-state index in [1.54, 1.807) is 0 Å². The summed E-state index contributed by atoms with van der Waals surface area (Å²) in [6.07, 6.45) is 11.4. The van der Waals surface area contributed by atoms with Gasteiger partial charge in [0.25, 0.3) is 0 Å². The van der Waals surface area contributed by atoms with Crippen LogP contribution >= 0.6 is 0 Å². The lowest BCUT2D eigenvalue weighted by Gasteiger charge is -2.30. The summed E-state index contributed by atoms with van der Waals surface area (Å²) in [5, 5.41) is 0. The van der Waals surface area contributed by atoms with Crippen molar-refractivity contribution in [3.8, 4) is 0 Å². The van der Waals surface area contributed by atoms with Gasteiger partial charge in [-0.2, -0.15) is 0 Å². The van der Waals surface area contributed by atoms with Crippen molar-refractivity contribution in [2.24, 2.45) is 0 Å². The molecule has 0 aromatic rings. The van der Waals surface area contributed by atoms with Crippen LogP contribution in [-0.4, -0.2) is 52.8 Å². The van der Waals surface area contributed by atoms with Crippen LogP contribution in [0, 0.1) is 0 Å². The molecule has 134 valence electrons. The molecule has 0 spiro atoms. The third-order valence-corrected chi connectivity index (χ3v) is 10.1. The van der Waals surface area contributed by atoms with Crippen molar-refractivity contribution < 1.29 is 0 Å². The van der Waals surface area contributed by atoms with Crippen molar-refractivity contribution in [1.82, 2.24) is 9.13 Å². The van der Waals surface area contributed by atoms with E-state index in [0.29, 0.717) is 0 Å². The van der Waals surface area contributed by atoms with E-state index in [-0.39, 0.29) is 0 Å². The molecule has 22 heavy (non-hydrogen) atoms. The monoisotopic (exact) mass is 344 g/mol. The van der Waals surface area contributed by atoms with Crippen LogP contribution in [0.15, 0.2) is 0 Å². The smallest absolute Gasteiger partial charge is 0.118 e. The van der Waals surface area contributed by atoms with Crippen LogP contribution in [0.25, 0.3) is 0 Å². The maximum atomic E-state index is 2.61. The van der Waals surface area contributed by atoms with E-state index >= 15 is 0 Å². The summed E-state index contributed by atoms with van der Waals surface area (Å²) < 4.78 is 5.23. The molecule has 0 fully saturated rings. The number of nitrogens with zero attached hydrogens (tertiary/aromatic N) is 2. The minimum Gasteiger partial charge on any atom is -0.327 e. The predicted octanol–water partition coefficient (Wildman–Crippen LogP) is 5.64. The van der Waals surface area contributed by atoms with Gasteiger partial charge in [0.2, 0.25) is 0 Å².